The quantitative estimate of drug-likeness (QED) is 0.623. The molecule has 0 radical (unpaired) electrons. The smallest absolute Gasteiger partial charge is 0.246 e. The van der Waals surface area contributed by atoms with Gasteiger partial charge in [-0.3, -0.25) is 4.68 Å². The number of ether oxygens (including phenoxy) is 1. The van der Waals surface area contributed by atoms with Gasteiger partial charge in [0.25, 0.3) is 0 Å². The van der Waals surface area contributed by atoms with Crippen LogP contribution in [0.2, 0.25) is 0 Å². The van der Waals surface area contributed by atoms with E-state index in [0.29, 0.717) is 26.2 Å². The van der Waals surface area contributed by atoms with E-state index < -0.39 is 10.0 Å². The number of rotatable bonds is 10. The fourth-order valence-electron chi connectivity index (χ4n) is 1.81. The molecule has 0 aliphatic heterocycles. The summed E-state index contributed by atoms with van der Waals surface area (Å²) in [5, 5.41) is 7.15. The highest BCUT2D eigenvalue weighted by Gasteiger charge is 2.24. The van der Waals surface area contributed by atoms with Crippen molar-refractivity contribution in [2.45, 2.75) is 24.8 Å². The zero-order valence-corrected chi connectivity index (χ0v) is 13.2. The summed E-state index contributed by atoms with van der Waals surface area (Å²) < 4.78 is 32.8. The van der Waals surface area contributed by atoms with Crippen LogP contribution in [0.4, 0.5) is 0 Å². The van der Waals surface area contributed by atoms with Gasteiger partial charge in [-0.15, -0.1) is 0 Å². The van der Waals surface area contributed by atoms with E-state index in [9.17, 15) is 8.42 Å². The molecule has 0 atom stereocenters. The Morgan fingerprint density at radius 1 is 1.50 bits per heavy atom. The summed E-state index contributed by atoms with van der Waals surface area (Å²) in [7, 11) is -0.0401. The molecule has 1 aromatic heterocycles. The third-order valence-corrected chi connectivity index (χ3v) is 4.89. The van der Waals surface area contributed by atoms with Gasteiger partial charge in [-0.25, -0.2) is 8.42 Å². The Balaban J connectivity index is 2.75. The minimum Gasteiger partial charge on any atom is -0.383 e. The second kappa shape index (κ2) is 8.35. The molecule has 20 heavy (non-hydrogen) atoms. The molecular weight excluding hydrogens is 280 g/mol. The average molecular weight is 304 g/mol. The average Bonchev–Trinajstić information content (AvgIpc) is 2.89. The monoisotopic (exact) mass is 304 g/mol. The minimum atomic E-state index is -3.48. The number of aromatic nitrogens is 2. The van der Waals surface area contributed by atoms with Crippen LogP contribution in [-0.2, 0) is 21.3 Å². The van der Waals surface area contributed by atoms with Gasteiger partial charge >= 0.3 is 0 Å². The molecule has 0 unspecified atom stereocenters. The van der Waals surface area contributed by atoms with Crippen molar-refractivity contribution in [1.29, 1.82) is 0 Å². The second-order valence-electron chi connectivity index (χ2n) is 4.39. The molecule has 1 aromatic rings. The summed E-state index contributed by atoms with van der Waals surface area (Å²) in [5.41, 5.74) is 0. The van der Waals surface area contributed by atoms with Crippen LogP contribution < -0.4 is 5.32 Å². The first-order valence-electron chi connectivity index (χ1n) is 6.72. The molecule has 1 heterocycles. The van der Waals surface area contributed by atoms with Crippen molar-refractivity contribution in [3.8, 4) is 0 Å². The Bertz CT molecular complexity index is 487. The van der Waals surface area contributed by atoms with Crippen molar-refractivity contribution < 1.29 is 13.2 Å². The van der Waals surface area contributed by atoms with Crippen LogP contribution in [0.5, 0.6) is 0 Å². The van der Waals surface area contributed by atoms with Crippen LogP contribution >= 0.6 is 0 Å². The molecule has 0 fully saturated rings. The fourth-order valence-corrected chi connectivity index (χ4v) is 3.20. The highest BCUT2D eigenvalue weighted by atomic mass is 32.2. The van der Waals surface area contributed by atoms with Gasteiger partial charge in [0.15, 0.2) is 0 Å². The number of aryl methyl sites for hydroxylation is 1. The van der Waals surface area contributed by atoms with E-state index in [1.165, 1.54) is 10.5 Å². The Morgan fingerprint density at radius 3 is 2.85 bits per heavy atom. The van der Waals surface area contributed by atoms with Gasteiger partial charge in [-0.2, -0.15) is 9.40 Å². The standard InChI is InChI=1S/C12H24N4O3S/c1-4-16(8-9-19-3)20(17,18)12-10-14-15(11-12)7-5-6-13-2/h10-11,13H,4-9H2,1-3H3. The lowest BCUT2D eigenvalue weighted by Gasteiger charge is -2.18. The van der Waals surface area contributed by atoms with Gasteiger partial charge in [-0.1, -0.05) is 6.92 Å². The topological polar surface area (TPSA) is 76.5 Å². The molecule has 1 rings (SSSR count). The van der Waals surface area contributed by atoms with Crippen molar-refractivity contribution in [3.05, 3.63) is 12.4 Å². The first-order chi connectivity index (χ1) is 9.56. The lowest BCUT2D eigenvalue weighted by atomic mass is 10.4. The summed E-state index contributed by atoms with van der Waals surface area (Å²) in [5.74, 6) is 0. The van der Waals surface area contributed by atoms with Gasteiger partial charge in [0.1, 0.15) is 4.90 Å². The predicted octanol–water partition coefficient (Wildman–Crippen LogP) is 0.150. The van der Waals surface area contributed by atoms with E-state index in [2.05, 4.69) is 10.4 Å². The molecule has 116 valence electrons. The van der Waals surface area contributed by atoms with Gasteiger partial charge in [0, 0.05) is 32.9 Å². The Morgan fingerprint density at radius 2 is 2.25 bits per heavy atom. The van der Waals surface area contributed by atoms with Crippen molar-refractivity contribution >= 4 is 10.0 Å². The molecule has 0 spiro atoms. The highest BCUT2D eigenvalue weighted by Crippen LogP contribution is 2.14. The minimum absolute atomic E-state index is 0.236. The lowest BCUT2D eigenvalue weighted by Crippen LogP contribution is -2.33. The Labute approximate surface area is 121 Å². The van der Waals surface area contributed by atoms with Crippen LogP contribution in [0.3, 0.4) is 0 Å². The molecule has 0 aliphatic carbocycles. The van der Waals surface area contributed by atoms with Crippen molar-refractivity contribution in [3.63, 3.8) is 0 Å². The molecule has 0 aromatic carbocycles. The SMILES string of the molecule is CCN(CCOC)S(=O)(=O)c1cnn(CCCNC)c1. The number of methoxy groups -OCH3 is 1. The normalized spacial score (nSPS) is 12.2. The Hall–Kier alpha value is -0.960. The van der Waals surface area contributed by atoms with Crippen LogP contribution in [0.1, 0.15) is 13.3 Å². The summed E-state index contributed by atoms with van der Waals surface area (Å²) in [6, 6.07) is 0. The van der Waals surface area contributed by atoms with E-state index in [1.54, 1.807) is 18.0 Å². The largest absolute Gasteiger partial charge is 0.383 e. The molecule has 0 aliphatic rings. The molecule has 0 saturated carbocycles. The zero-order valence-electron chi connectivity index (χ0n) is 12.4. The summed E-state index contributed by atoms with van der Waals surface area (Å²) in [6.45, 7) is 4.52. The second-order valence-corrected chi connectivity index (χ2v) is 6.32. The van der Waals surface area contributed by atoms with Crippen LogP contribution in [0, 0.1) is 0 Å². The third kappa shape index (κ3) is 4.55. The molecule has 0 bridgehead atoms. The molecular formula is C12H24N4O3S. The van der Waals surface area contributed by atoms with Gasteiger partial charge in [-0.05, 0) is 20.0 Å². The maximum absolute atomic E-state index is 12.4. The Kier molecular flexibility index (Phi) is 7.14. The van der Waals surface area contributed by atoms with Gasteiger partial charge in [0.2, 0.25) is 10.0 Å². The van der Waals surface area contributed by atoms with Gasteiger partial charge < -0.3 is 10.1 Å². The molecule has 0 amide bonds. The predicted molar refractivity (Wildman–Crippen MR) is 77.1 cm³/mol. The number of hydrogen-bond donors (Lipinski definition) is 1. The lowest BCUT2D eigenvalue weighted by molar-refractivity contribution is 0.180. The maximum Gasteiger partial charge on any atom is 0.246 e. The first kappa shape index (κ1) is 17.1. The molecule has 7 nitrogen and oxygen atoms in total. The number of nitrogens with zero attached hydrogens (tertiary/aromatic N) is 3. The van der Waals surface area contributed by atoms with Crippen LogP contribution in [0.15, 0.2) is 17.3 Å². The number of likely N-dealkylation sites (N-methyl/N-ethyl adjacent to an activating group) is 1. The van der Waals surface area contributed by atoms with E-state index in [1.807, 2.05) is 14.0 Å². The molecule has 0 saturated heterocycles. The van der Waals surface area contributed by atoms with Crippen molar-refractivity contribution in [2.75, 3.05) is 40.4 Å². The first-order valence-corrected chi connectivity index (χ1v) is 8.16. The highest BCUT2D eigenvalue weighted by molar-refractivity contribution is 7.89. The van der Waals surface area contributed by atoms with E-state index >= 15 is 0 Å². The summed E-state index contributed by atoms with van der Waals surface area (Å²) in [6.07, 6.45) is 3.89. The number of hydrogen-bond acceptors (Lipinski definition) is 5. The molecule has 1 N–H and O–H groups in total. The van der Waals surface area contributed by atoms with E-state index in [0.717, 1.165) is 13.0 Å². The molecule has 8 heteroatoms. The van der Waals surface area contributed by atoms with Crippen molar-refractivity contribution in [2.24, 2.45) is 0 Å². The fraction of sp³-hybridized carbons (Fsp3) is 0.750. The summed E-state index contributed by atoms with van der Waals surface area (Å²) in [4.78, 5) is 0.236. The number of sulfonamides is 1. The van der Waals surface area contributed by atoms with E-state index in [-0.39, 0.29) is 4.90 Å². The van der Waals surface area contributed by atoms with Crippen LogP contribution in [0.25, 0.3) is 0 Å². The van der Waals surface area contributed by atoms with E-state index in [4.69, 9.17) is 4.74 Å². The number of nitrogens with one attached hydrogen (secondary N) is 1. The van der Waals surface area contributed by atoms with Gasteiger partial charge in [0.05, 0.1) is 12.8 Å². The summed E-state index contributed by atoms with van der Waals surface area (Å²) >= 11 is 0. The zero-order chi connectivity index (χ0) is 15.0. The third-order valence-electron chi connectivity index (χ3n) is 2.96. The van der Waals surface area contributed by atoms with Crippen LogP contribution in [-0.4, -0.2) is 62.9 Å². The van der Waals surface area contributed by atoms with Crippen molar-refractivity contribution in [1.82, 2.24) is 19.4 Å². The maximum atomic E-state index is 12.4.